The van der Waals surface area contributed by atoms with E-state index in [0.29, 0.717) is 22.7 Å². The van der Waals surface area contributed by atoms with E-state index in [4.69, 9.17) is 12.2 Å². The lowest BCUT2D eigenvalue weighted by Gasteiger charge is -2.00. The van der Waals surface area contributed by atoms with E-state index in [2.05, 4.69) is 25.4 Å². The fourth-order valence-corrected chi connectivity index (χ4v) is 2.05. The summed E-state index contributed by atoms with van der Waals surface area (Å²) in [7, 11) is 0. The molecule has 0 bridgehead atoms. The number of aromatic amines is 1. The Morgan fingerprint density at radius 2 is 2.35 bits per heavy atom. The molecule has 0 aliphatic rings. The highest BCUT2D eigenvalue weighted by atomic mass is 32.1. The molecule has 2 heterocycles. The fraction of sp³-hybridized carbons (Fsp3) is 0.0833. The zero-order chi connectivity index (χ0) is 16.2. The molecular weight excluding hydrogens is 320 g/mol. The minimum atomic E-state index is -0.461. The zero-order valence-electron chi connectivity index (χ0n) is 11.6. The van der Waals surface area contributed by atoms with Crippen molar-refractivity contribution in [3.63, 3.8) is 0 Å². The van der Waals surface area contributed by atoms with Crippen molar-refractivity contribution in [1.29, 1.82) is 0 Å². The Labute approximate surface area is 134 Å². The number of rotatable bonds is 5. The Morgan fingerprint density at radius 1 is 1.48 bits per heavy atom. The first-order valence-corrected chi connectivity index (χ1v) is 6.82. The van der Waals surface area contributed by atoms with Crippen molar-refractivity contribution < 1.29 is 4.92 Å². The van der Waals surface area contributed by atoms with Gasteiger partial charge in [-0.05, 0) is 12.2 Å². The monoisotopic (exact) mass is 330 g/mol. The third-order valence-electron chi connectivity index (χ3n) is 2.89. The Balaban J connectivity index is 1.88. The van der Waals surface area contributed by atoms with Gasteiger partial charge in [-0.15, -0.1) is 0 Å². The molecule has 1 N–H and O–H groups in total. The maximum Gasteiger partial charge on any atom is 0.270 e. The van der Waals surface area contributed by atoms with Crippen molar-refractivity contribution in [3.8, 4) is 0 Å². The van der Waals surface area contributed by atoms with Gasteiger partial charge in [0.25, 0.3) is 5.69 Å². The van der Waals surface area contributed by atoms with Gasteiger partial charge in [0.05, 0.1) is 11.1 Å². The van der Waals surface area contributed by atoms with Crippen molar-refractivity contribution in [2.24, 2.45) is 5.10 Å². The average Bonchev–Trinajstić information content (AvgIpc) is 3.17. The summed E-state index contributed by atoms with van der Waals surface area (Å²) in [5.41, 5.74) is 0.571. The average molecular weight is 330 g/mol. The Morgan fingerprint density at radius 3 is 3.09 bits per heavy atom. The van der Waals surface area contributed by atoms with Gasteiger partial charge in [-0.2, -0.15) is 20.0 Å². The van der Waals surface area contributed by atoms with Gasteiger partial charge < -0.3 is 0 Å². The van der Waals surface area contributed by atoms with Gasteiger partial charge in [-0.25, -0.2) is 9.67 Å². The molecule has 0 spiro atoms. The third kappa shape index (κ3) is 3.35. The first-order chi connectivity index (χ1) is 11.1. The van der Waals surface area contributed by atoms with Gasteiger partial charge in [0.2, 0.25) is 4.77 Å². The number of nitrogens with one attached hydrogen (secondary N) is 1. The molecule has 0 radical (unpaired) electrons. The van der Waals surface area contributed by atoms with E-state index < -0.39 is 4.92 Å². The summed E-state index contributed by atoms with van der Waals surface area (Å²) in [5, 5.41) is 25.7. The van der Waals surface area contributed by atoms with E-state index in [1.807, 2.05) is 0 Å². The number of nitro groups is 1. The van der Waals surface area contributed by atoms with Crippen LogP contribution in [0.2, 0.25) is 0 Å². The van der Waals surface area contributed by atoms with Crippen molar-refractivity contribution in [3.05, 3.63) is 63.2 Å². The normalized spacial score (nSPS) is 11.1. The van der Waals surface area contributed by atoms with Crippen molar-refractivity contribution in [2.45, 2.75) is 6.54 Å². The quantitative estimate of drug-likeness (QED) is 0.326. The first-order valence-electron chi connectivity index (χ1n) is 6.41. The molecule has 3 aromatic rings. The molecular formula is C12H10N8O2S. The summed E-state index contributed by atoms with van der Waals surface area (Å²) in [5.74, 6) is 0.530. The lowest BCUT2D eigenvalue weighted by atomic mass is 10.2. The number of hydrogen-bond donors (Lipinski definition) is 1. The van der Waals surface area contributed by atoms with Gasteiger partial charge in [0.15, 0.2) is 5.82 Å². The molecule has 0 aliphatic heterocycles. The molecule has 0 saturated carbocycles. The van der Waals surface area contributed by atoms with Crippen LogP contribution in [0.15, 0.2) is 42.0 Å². The molecule has 0 aliphatic carbocycles. The number of benzene rings is 1. The number of aromatic nitrogens is 6. The minimum absolute atomic E-state index is 0.00687. The van der Waals surface area contributed by atoms with Crippen molar-refractivity contribution in [1.82, 2.24) is 29.6 Å². The second-order valence-corrected chi connectivity index (χ2v) is 4.83. The van der Waals surface area contributed by atoms with Crippen LogP contribution in [0, 0.1) is 14.9 Å². The van der Waals surface area contributed by atoms with Crippen LogP contribution in [0.1, 0.15) is 11.4 Å². The second-order valence-electron chi connectivity index (χ2n) is 4.45. The Kier molecular flexibility index (Phi) is 4.01. The summed E-state index contributed by atoms with van der Waals surface area (Å²) < 4.78 is 3.31. The lowest BCUT2D eigenvalue weighted by Crippen LogP contribution is -2.06. The van der Waals surface area contributed by atoms with Crippen molar-refractivity contribution >= 4 is 24.1 Å². The summed E-state index contributed by atoms with van der Waals surface area (Å²) >= 11 is 5.13. The van der Waals surface area contributed by atoms with Crippen LogP contribution < -0.4 is 0 Å². The SMILES string of the molecule is O=[N+]([O-])c1cccc(/C=N/n2c(Cn3cncn3)n[nH]c2=S)c1. The maximum absolute atomic E-state index is 10.8. The molecule has 0 atom stereocenters. The standard InChI is InChI=1S/C12H10N8O2S/c21-20(22)10-3-1-2-9(4-10)5-14-19-11(16-17-12(19)23)6-18-8-13-7-15-18/h1-5,7-8H,6H2,(H,17,23)/b14-5+. The van der Waals surface area contributed by atoms with Crippen LogP contribution >= 0.6 is 12.2 Å². The van der Waals surface area contributed by atoms with E-state index in [9.17, 15) is 10.1 Å². The smallest absolute Gasteiger partial charge is 0.258 e. The topological polar surface area (TPSA) is 120 Å². The van der Waals surface area contributed by atoms with Crippen LogP contribution in [0.25, 0.3) is 0 Å². The van der Waals surface area contributed by atoms with Crippen LogP contribution in [0.5, 0.6) is 0 Å². The highest BCUT2D eigenvalue weighted by Crippen LogP contribution is 2.11. The van der Waals surface area contributed by atoms with E-state index in [-0.39, 0.29) is 5.69 Å². The molecule has 10 nitrogen and oxygen atoms in total. The van der Waals surface area contributed by atoms with E-state index >= 15 is 0 Å². The summed E-state index contributed by atoms with van der Waals surface area (Å²) in [6, 6.07) is 6.13. The molecule has 0 fully saturated rings. The zero-order valence-corrected chi connectivity index (χ0v) is 12.4. The Bertz CT molecular complexity index is 911. The predicted molar refractivity (Wildman–Crippen MR) is 82.6 cm³/mol. The molecule has 2 aromatic heterocycles. The van der Waals surface area contributed by atoms with Gasteiger partial charge in [-0.1, -0.05) is 12.1 Å². The molecule has 0 saturated heterocycles. The highest BCUT2D eigenvalue weighted by molar-refractivity contribution is 7.71. The molecule has 0 amide bonds. The first kappa shape index (κ1) is 14.7. The largest absolute Gasteiger partial charge is 0.270 e. The number of H-pyrrole nitrogens is 1. The van der Waals surface area contributed by atoms with Gasteiger partial charge >= 0.3 is 0 Å². The number of nitro benzene ring substituents is 1. The minimum Gasteiger partial charge on any atom is -0.258 e. The molecule has 23 heavy (non-hydrogen) atoms. The number of non-ortho nitro benzene ring substituents is 1. The fourth-order valence-electron chi connectivity index (χ4n) is 1.85. The molecule has 3 rings (SSSR count). The lowest BCUT2D eigenvalue weighted by molar-refractivity contribution is -0.384. The summed E-state index contributed by atoms with van der Waals surface area (Å²) in [6.45, 7) is 0.333. The molecule has 11 heteroatoms. The highest BCUT2D eigenvalue weighted by Gasteiger charge is 2.07. The van der Waals surface area contributed by atoms with Crippen LogP contribution in [0.3, 0.4) is 0 Å². The number of hydrogen-bond acceptors (Lipinski definition) is 7. The second kappa shape index (κ2) is 6.27. The predicted octanol–water partition coefficient (Wildman–Crippen LogP) is 1.37. The van der Waals surface area contributed by atoms with E-state index in [0.717, 1.165) is 0 Å². The van der Waals surface area contributed by atoms with Crippen LogP contribution in [-0.2, 0) is 6.54 Å². The molecule has 116 valence electrons. The van der Waals surface area contributed by atoms with Gasteiger partial charge in [0, 0.05) is 17.7 Å². The Hall–Kier alpha value is -3.21. The van der Waals surface area contributed by atoms with E-state index in [1.54, 1.807) is 23.1 Å². The molecule has 0 unspecified atom stereocenters. The summed E-state index contributed by atoms with van der Waals surface area (Å²) in [6.07, 6.45) is 4.44. The maximum atomic E-state index is 10.8. The van der Waals surface area contributed by atoms with Gasteiger partial charge in [0.1, 0.15) is 19.2 Å². The van der Waals surface area contributed by atoms with Gasteiger partial charge in [-0.3, -0.25) is 15.2 Å². The number of nitrogens with zero attached hydrogens (tertiary/aromatic N) is 7. The van der Waals surface area contributed by atoms with Crippen molar-refractivity contribution in [2.75, 3.05) is 0 Å². The van der Waals surface area contributed by atoms with Crippen LogP contribution in [0.4, 0.5) is 5.69 Å². The van der Waals surface area contributed by atoms with Crippen LogP contribution in [-0.4, -0.2) is 40.8 Å². The molecule has 1 aromatic carbocycles. The van der Waals surface area contributed by atoms with E-state index in [1.165, 1.54) is 29.4 Å². The summed E-state index contributed by atoms with van der Waals surface area (Å²) in [4.78, 5) is 14.2. The third-order valence-corrected chi connectivity index (χ3v) is 3.15.